The summed E-state index contributed by atoms with van der Waals surface area (Å²) in [6.45, 7) is 30.6. The first kappa shape index (κ1) is 29.0. The van der Waals surface area contributed by atoms with E-state index in [2.05, 4.69) is 54.7 Å². The van der Waals surface area contributed by atoms with E-state index < -0.39 is 10.4 Å². The van der Waals surface area contributed by atoms with Crippen LogP contribution in [0.2, 0.25) is 0 Å². The Hall–Kier alpha value is -0.730. The Bertz CT molecular complexity index is 378. The van der Waals surface area contributed by atoms with Crippen molar-refractivity contribution in [2.45, 2.75) is 41.5 Å². The van der Waals surface area contributed by atoms with E-state index in [-0.39, 0.29) is 0 Å². The van der Waals surface area contributed by atoms with Crippen LogP contribution in [0.25, 0.3) is 0 Å². The van der Waals surface area contributed by atoms with Crippen LogP contribution in [-0.2, 0) is 10.4 Å². The third-order valence-corrected chi connectivity index (χ3v) is 5.06. The predicted octanol–water partition coefficient (Wildman–Crippen LogP) is 2.76. The van der Waals surface area contributed by atoms with Crippen LogP contribution in [0.15, 0.2) is 25.3 Å². The van der Waals surface area contributed by atoms with E-state index in [0.29, 0.717) is 0 Å². The molecule has 0 fully saturated rings. The minimum Gasteiger partial charge on any atom is -0.759 e. The van der Waals surface area contributed by atoms with Gasteiger partial charge in [-0.2, -0.15) is 0 Å². The lowest BCUT2D eigenvalue weighted by Gasteiger charge is -2.34. The third kappa shape index (κ3) is 16.5. The van der Waals surface area contributed by atoms with E-state index in [1.54, 1.807) is 0 Å². The maximum absolute atomic E-state index is 8.52. The summed E-state index contributed by atoms with van der Waals surface area (Å²) < 4.78 is 36.5. The first-order chi connectivity index (χ1) is 11.5. The molecule has 0 aliphatic carbocycles. The molecule has 152 valence electrons. The molecule has 0 amide bonds. The van der Waals surface area contributed by atoms with Gasteiger partial charge in [0.2, 0.25) is 0 Å². The van der Waals surface area contributed by atoms with Gasteiger partial charge in [0.15, 0.2) is 0 Å². The predicted molar refractivity (Wildman–Crippen MR) is 104 cm³/mol. The van der Waals surface area contributed by atoms with Gasteiger partial charge in [0.25, 0.3) is 0 Å². The zero-order valence-electron chi connectivity index (χ0n) is 17.2. The molecular formula is C18H40N2O4S. The van der Waals surface area contributed by atoms with Crippen molar-refractivity contribution in [3.05, 3.63) is 25.3 Å². The fourth-order valence-corrected chi connectivity index (χ4v) is 2.66. The fraction of sp³-hybridized carbons (Fsp3) is 0.778. The third-order valence-electron chi connectivity index (χ3n) is 5.06. The molecule has 6 nitrogen and oxygen atoms in total. The topological polar surface area (TPSA) is 80.3 Å². The summed E-state index contributed by atoms with van der Waals surface area (Å²) in [6, 6.07) is 0. The van der Waals surface area contributed by atoms with Crippen LogP contribution in [0, 0.1) is 0 Å². The molecule has 0 rings (SSSR count). The summed E-state index contributed by atoms with van der Waals surface area (Å²) in [5.41, 5.74) is 0. The monoisotopic (exact) mass is 380 g/mol. The normalized spacial score (nSPS) is 11.5. The second kappa shape index (κ2) is 15.5. The van der Waals surface area contributed by atoms with Crippen LogP contribution in [0.5, 0.6) is 0 Å². The molecule has 0 N–H and O–H groups in total. The lowest BCUT2D eigenvalue weighted by Crippen LogP contribution is -2.47. The Morgan fingerprint density at radius 1 is 0.680 bits per heavy atom. The van der Waals surface area contributed by atoms with Gasteiger partial charge >= 0.3 is 0 Å². The maximum Gasteiger partial charge on any atom is 0.0970 e. The largest absolute Gasteiger partial charge is 0.759 e. The number of hydrogen-bond donors (Lipinski definition) is 0. The van der Waals surface area contributed by atoms with E-state index in [1.807, 2.05) is 12.2 Å². The number of nitrogens with zero attached hydrogens (tertiary/aromatic N) is 2. The van der Waals surface area contributed by atoms with E-state index in [9.17, 15) is 0 Å². The average Bonchev–Trinajstić information content (AvgIpc) is 2.57. The van der Waals surface area contributed by atoms with Gasteiger partial charge in [0.1, 0.15) is 0 Å². The number of hydrogen-bond acceptors (Lipinski definition) is 4. The SMILES string of the molecule is C=CC[N+](CC)(CC)CC.C=CC[N+](CC)(CC)CC.O=S(=O)([O-])[O-]. The standard InChI is InChI=1S/2C9H20N.H2O4S/c2*1-5-9-10(6-2,7-3)8-4;1-5(2,3)4/h2*5H,1,6-9H2,2-4H3;(H2,1,2,3,4)/q2*+1;/p-2. The van der Waals surface area contributed by atoms with Crippen molar-refractivity contribution < 1.29 is 26.5 Å². The van der Waals surface area contributed by atoms with Gasteiger partial charge in [0.05, 0.1) is 52.4 Å². The molecule has 0 saturated carbocycles. The lowest BCUT2D eigenvalue weighted by atomic mass is 10.3. The molecule has 0 atom stereocenters. The average molecular weight is 381 g/mol. The summed E-state index contributed by atoms with van der Waals surface area (Å²) in [5.74, 6) is 0. The number of likely N-dealkylation sites (N-methyl/N-ethyl adjacent to an activating group) is 2. The van der Waals surface area contributed by atoms with Crippen molar-refractivity contribution in [3.8, 4) is 0 Å². The first-order valence-corrected chi connectivity index (χ1v) is 10.4. The number of rotatable bonds is 10. The van der Waals surface area contributed by atoms with Gasteiger partial charge in [0, 0.05) is 10.4 Å². The second-order valence-electron chi connectivity index (χ2n) is 5.93. The van der Waals surface area contributed by atoms with Crippen molar-refractivity contribution in [1.29, 1.82) is 0 Å². The van der Waals surface area contributed by atoms with Crippen molar-refractivity contribution in [3.63, 3.8) is 0 Å². The van der Waals surface area contributed by atoms with E-state index >= 15 is 0 Å². The highest BCUT2D eigenvalue weighted by Gasteiger charge is 2.18. The minimum absolute atomic E-state index is 1.11. The quantitative estimate of drug-likeness (QED) is 0.253. The molecule has 0 aliphatic heterocycles. The highest BCUT2D eigenvalue weighted by molar-refractivity contribution is 7.79. The first-order valence-electron chi connectivity index (χ1n) is 9.07. The Kier molecular flexibility index (Phi) is 18.0. The molecule has 0 spiro atoms. The van der Waals surface area contributed by atoms with E-state index in [0.717, 1.165) is 13.1 Å². The molecule has 0 heterocycles. The molecule has 0 radical (unpaired) electrons. The van der Waals surface area contributed by atoms with E-state index in [1.165, 1.54) is 48.2 Å². The van der Waals surface area contributed by atoms with Gasteiger partial charge in [-0.15, -0.1) is 0 Å². The van der Waals surface area contributed by atoms with Crippen LogP contribution in [-0.4, -0.2) is 78.8 Å². The van der Waals surface area contributed by atoms with Gasteiger partial charge in [-0.25, -0.2) is 0 Å². The highest BCUT2D eigenvalue weighted by Crippen LogP contribution is 2.05. The maximum atomic E-state index is 8.52. The van der Waals surface area contributed by atoms with Crippen LogP contribution < -0.4 is 0 Å². The highest BCUT2D eigenvalue weighted by atomic mass is 32.3. The summed E-state index contributed by atoms with van der Waals surface area (Å²) in [4.78, 5) is 0. The summed E-state index contributed by atoms with van der Waals surface area (Å²) >= 11 is 0. The molecule has 0 saturated heterocycles. The Balaban J connectivity index is -0.000000308. The van der Waals surface area contributed by atoms with Gasteiger partial charge in [-0.3, -0.25) is 8.42 Å². The molecule has 0 unspecified atom stereocenters. The molecule has 0 aliphatic rings. The number of quaternary nitrogens is 2. The molecule has 0 aromatic rings. The lowest BCUT2D eigenvalue weighted by molar-refractivity contribution is -0.917. The minimum atomic E-state index is -5.17. The molecule has 0 bridgehead atoms. The Morgan fingerprint density at radius 2 is 0.840 bits per heavy atom. The van der Waals surface area contributed by atoms with Crippen molar-refractivity contribution in [2.75, 3.05) is 52.4 Å². The van der Waals surface area contributed by atoms with Crippen molar-refractivity contribution >= 4 is 10.4 Å². The Morgan fingerprint density at radius 3 is 0.880 bits per heavy atom. The molecule has 7 heteroatoms. The van der Waals surface area contributed by atoms with Crippen LogP contribution >= 0.6 is 0 Å². The summed E-state index contributed by atoms with van der Waals surface area (Å²) in [5, 5.41) is 0. The smallest absolute Gasteiger partial charge is 0.0970 e. The van der Waals surface area contributed by atoms with E-state index in [4.69, 9.17) is 17.5 Å². The van der Waals surface area contributed by atoms with Crippen LogP contribution in [0.1, 0.15) is 41.5 Å². The molecule has 0 aromatic carbocycles. The molecule has 25 heavy (non-hydrogen) atoms. The van der Waals surface area contributed by atoms with Gasteiger partial charge in [-0.1, -0.05) is 13.2 Å². The fourth-order valence-electron chi connectivity index (χ4n) is 2.66. The van der Waals surface area contributed by atoms with Gasteiger partial charge < -0.3 is 18.1 Å². The van der Waals surface area contributed by atoms with Crippen LogP contribution in [0.3, 0.4) is 0 Å². The zero-order valence-corrected chi connectivity index (χ0v) is 18.0. The Labute approximate surface area is 156 Å². The van der Waals surface area contributed by atoms with Crippen LogP contribution in [0.4, 0.5) is 0 Å². The van der Waals surface area contributed by atoms with Crippen molar-refractivity contribution in [1.82, 2.24) is 0 Å². The molecular weight excluding hydrogens is 340 g/mol. The van der Waals surface area contributed by atoms with Crippen molar-refractivity contribution in [2.24, 2.45) is 0 Å². The summed E-state index contributed by atoms with van der Waals surface area (Å²) in [7, 11) is -5.17. The summed E-state index contributed by atoms with van der Waals surface area (Å²) in [6.07, 6.45) is 4.05. The zero-order chi connectivity index (χ0) is 20.6. The molecule has 0 aromatic heterocycles. The van der Waals surface area contributed by atoms with Gasteiger partial charge in [-0.05, 0) is 53.7 Å². The second-order valence-corrected chi connectivity index (χ2v) is 6.75.